The Morgan fingerprint density at radius 1 is 1.32 bits per heavy atom. The average molecular weight is 367 g/mol. The molecule has 0 fully saturated rings. The summed E-state index contributed by atoms with van der Waals surface area (Å²) in [6, 6.07) is 3.42. The zero-order chi connectivity index (χ0) is 18.2. The molecular formula is C17H19ClN2O5. The quantitative estimate of drug-likeness (QED) is 0.345. The molecule has 0 aliphatic heterocycles. The van der Waals surface area contributed by atoms with E-state index in [1.807, 2.05) is 0 Å². The summed E-state index contributed by atoms with van der Waals surface area (Å²) in [5.74, 6) is -1.20. The Morgan fingerprint density at radius 2 is 2.12 bits per heavy atom. The molecule has 1 aliphatic carbocycles. The summed E-state index contributed by atoms with van der Waals surface area (Å²) in [5, 5.41) is 13.2. The van der Waals surface area contributed by atoms with E-state index in [-0.39, 0.29) is 16.3 Å². The van der Waals surface area contributed by atoms with Gasteiger partial charge < -0.3 is 10.1 Å². The van der Waals surface area contributed by atoms with Gasteiger partial charge in [-0.05, 0) is 38.2 Å². The number of carbonyl (C=O) groups is 2. The van der Waals surface area contributed by atoms with Gasteiger partial charge in [0.25, 0.3) is 11.6 Å². The smallest absolute Gasteiger partial charge is 0.340 e. The van der Waals surface area contributed by atoms with Crippen molar-refractivity contribution in [3.8, 4) is 0 Å². The summed E-state index contributed by atoms with van der Waals surface area (Å²) in [6.45, 7) is 0.0751. The molecule has 0 heterocycles. The van der Waals surface area contributed by atoms with Crippen LogP contribution in [0.2, 0.25) is 5.02 Å². The van der Waals surface area contributed by atoms with E-state index < -0.39 is 23.4 Å². The number of allylic oxidation sites excluding steroid dienone is 1. The van der Waals surface area contributed by atoms with E-state index in [1.54, 1.807) is 0 Å². The Bertz CT molecular complexity index is 702. The van der Waals surface area contributed by atoms with Gasteiger partial charge in [-0.2, -0.15) is 0 Å². The summed E-state index contributed by atoms with van der Waals surface area (Å²) in [7, 11) is 0. The lowest BCUT2D eigenvalue weighted by Gasteiger charge is -2.13. The van der Waals surface area contributed by atoms with Crippen LogP contribution in [0.1, 0.15) is 42.5 Å². The van der Waals surface area contributed by atoms with E-state index in [1.165, 1.54) is 24.5 Å². The number of hydrogen-bond donors (Lipinski definition) is 1. The number of amides is 1. The number of esters is 1. The Hall–Kier alpha value is -2.41. The van der Waals surface area contributed by atoms with Crippen LogP contribution in [0.15, 0.2) is 29.8 Å². The first-order chi connectivity index (χ1) is 12.0. The van der Waals surface area contributed by atoms with Crippen LogP contribution in [-0.2, 0) is 9.53 Å². The molecule has 7 nitrogen and oxygen atoms in total. The molecule has 0 saturated heterocycles. The van der Waals surface area contributed by atoms with Crippen molar-refractivity contribution in [2.45, 2.75) is 32.1 Å². The van der Waals surface area contributed by atoms with Crippen LogP contribution in [0.4, 0.5) is 5.69 Å². The number of carbonyl (C=O) groups excluding carboxylic acids is 2. The van der Waals surface area contributed by atoms with Crippen LogP contribution in [-0.4, -0.2) is 30.0 Å². The van der Waals surface area contributed by atoms with Gasteiger partial charge in [-0.25, -0.2) is 4.79 Å². The second-order valence-electron chi connectivity index (χ2n) is 5.71. The number of benzene rings is 1. The zero-order valence-corrected chi connectivity index (χ0v) is 14.4. The van der Waals surface area contributed by atoms with Gasteiger partial charge in [0.2, 0.25) is 0 Å². The predicted molar refractivity (Wildman–Crippen MR) is 92.6 cm³/mol. The summed E-state index contributed by atoms with van der Waals surface area (Å²) < 4.78 is 4.89. The molecule has 1 aromatic carbocycles. The van der Waals surface area contributed by atoms with Crippen LogP contribution in [0.3, 0.4) is 0 Å². The van der Waals surface area contributed by atoms with E-state index in [2.05, 4.69) is 11.4 Å². The number of rotatable bonds is 7. The van der Waals surface area contributed by atoms with Gasteiger partial charge in [0.1, 0.15) is 0 Å². The van der Waals surface area contributed by atoms with Gasteiger partial charge in [-0.1, -0.05) is 23.3 Å². The third-order valence-corrected chi connectivity index (χ3v) is 4.18. The summed E-state index contributed by atoms with van der Waals surface area (Å²) >= 11 is 5.84. The maximum Gasteiger partial charge on any atom is 0.340 e. The summed E-state index contributed by atoms with van der Waals surface area (Å²) in [6.07, 6.45) is 7.59. The normalized spacial score (nSPS) is 13.7. The number of hydrogen-bond acceptors (Lipinski definition) is 5. The first-order valence-electron chi connectivity index (χ1n) is 8.03. The van der Waals surface area contributed by atoms with Crippen LogP contribution in [0.25, 0.3) is 0 Å². The molecule has 0 atom stereocenters. The molecule has 0 unspecified atom stereocenters. The van der Waals surface area contributed by atoms with E-state index in [0.717, 1.165) is 31.4 Å². The molecule has 1 aromatic rings. The number of nitrogens with one attached hydrogen (secondary N) is 1. The van der Waals surface area contributed by atoms with Crippen molar-refractivity contribution in [2.75, 3.05) is 13.2 Å². The monoisotopic (exact) mass is 366 g/mol. The van der Waals surface area contributed by atoms with E-state index in [0.29, 0.717) is 6.54 Å². The Labute approximate surface area is 150 Å². The molecule has 134 valence electrons. The van der Waals surface area contributed by atoms with E-state index >= 15 is 0 Å². The van der Waals surface area contributed by atoms with Crippen molar-refractivity contribution in [1.29, 1.82) is 0 Å². The largest absolute Gasteiger partial charge is 0.452 e. The molecule has 0 radical (unpaired) electrons. The van der Waals surface area contributed by atoms with Crippen LogP contribution < -0.4 is 5.32 Å². The standard InChI is InChI=1S/C17H19ClN2O5/c18-15-10-13(20(23)24)6-7-14(15)17(22)25-11-16(21)19-9-8-12-4-2-1-3-5-12/h4,6-7,10H,1-3,5,8-9,11H2,(H,19,21). The molecule has 25 heavy (non-hydrogen) atoms. The van der Waals surface area contributed by atoms with Crippen molar-refractivity contribution in [1.82, 2.24) is 5.32 Å². The van der Waals surface area contributed by atoms with Gasteiger partial charge in [0.15, 0.2) is 6.61 Å². The molecule has 0 aromatic heterocycles. The van der Waals surface area contributed by atoms with Crippen molar-refractivity contribution in [3.63, 3.8) is 0 Å². The Balaban J connectivity index is 1.76. The fourth-order valence-corrected chi connectivity index (χ4v) is 2.79. The Kier molecular flexibility index (Phi) is 6.94. The minimum Gasteiger partial charge on any atom is -0.452 e. The molecule has 8 heteroatoms. The lowest BCUT2D eigenvalue weighted by molar-refractivity contribution is -0.384. The third-order valence-electron chi connectivity index (χ3n) is 3.87. The van der Waals surface area contributed by atoms with Crippen molar-refractivity contribution in [2.24, 2.45) is 0 Å². The molecule has 2 rings (SSSR count). The minimum absolute atomic E-state index is 0.0209. The third kappa shape index (κ3) is 5.86. The first-order valence-corrected chi connectivity index (χ1v) is 8.41. The van der Waals surface area contributed by atoms with Crippen LogP contribution in [0, 0.1) is 10.1 Å². The summed E-state index contributed by atoms with van der Waals surface area (Å²) in [4.78, 5) is 33.6. The van der Waals surface area contributed by atoms with Gasteiger partial charge in [0.05, 0.1) is 15.5 Å². The van der Waals surface area contributed by atoms with Gasteiger partial charge in [-0.15, -0.1) is 0 Å². The van der Waals surface area contributed by atoms with Gasteiger partial charge in [-0.3, -0.25) is 14.9 Å². The lowest BCUT2D eigenvalue weighted by atomic mass is 9.97. The molecule has 0 spiro atoms. The molecule has 0 bridgehead atoms. The summed E-state index contributed by atoms with van der Waals surface area (Å²) in [5.41, 5.74) is 1.10. The fraction of sp³-hybridized carbons (Fsp3) is 0.412. The van der Waals surface area contributed by atoms with Crippen molar-refractivity contribution < 1.29 is 19.2 Å². The number of halogens is 1. The fourth-order valence-electron chi connectivity index (χ4n) is 2.54. The second kappa shape index (κ2) is 9.17. The Morgan fingerprint density at radius 3 is 2.76 bits per heavy atom. The van der Waals surface area contributed by atoms with Gasteiger partial charge >= 0.3 is 5.97 Å². The minimum atomic E-state index is -0.801. The highest BCUT2D eigenvalue weighted by atomic mass is 35.5. The lowest BCUT2D eigenvalue weighted by Crippen LogP contribution is -2.30. The molecular weight excluding hydrogens is 348 g/mol. The number of nitro groups is 1. The maximum absolute atomic E-state index is 11.9. The van der Waals surface area contributed by atoms with Crippen LogP contribution >= 0.6 is 11.6 Å². The number of non-ortho nitro benzene ring substituents is 1. The van der Waals surface area contributed by atoms with E-state index in [9.17, 15) is 19.7 Å². The van der Waals surface area contributed by atoms with Crippen LogP contribution in [0.5, 0.6) is 0 Å². The highest BCUT2D eigenvalue weighted by Crippen LogP contribution is 2.23. The number of nitrogens with zero attached hydrogens (tertiary/aromatic N) is 1. The first kappa shape index (κ1) is 18.9. The van der Waals surface area contributed by atoms with E-state index in [4.69, 9.17) is 16.3 Å². The molecule has 1 amide bonds. The molecule has 1 N–H and O–H groups in total. The number of nitro benzene ring substituents is 1. The molecule has 0 saturated carbocycles. The van der Waals surface area contributed by atoms with Crippen molar-refractivity contribution >= 4 is 29.2 Å². The van der Waals surface area contributed by atoms with Crippen molar-refractivity contribution in [3.05, 3.63) is 50.5 Å². The van der Waals surface area contributed by atoms with Gasteiger partial charge in [0, 0.05) is 18.7 Å². The predicted octanol–water partition coefficient (Wildman–Crippen LogP) is 3.41. The average Bonchev–Trinajstić information content (AvgIpc) is 2.60. The SMILES string of the molecule is O=C(COC(=O)c1ccc([N+](=O)[O-])cc1Cl)NCCC1=CCCCC1. The zero-order valence-electron chi connectivity index (χ0n) is 13.6. The highest BCUT2D eigenvalue weighted by Gasteiger charge is 2.17. The second-order valence-corrected chi connectivity index (χ2v) is 6.11. The molecule has 1 aliphatic rings. The number of ether oxygens (including phenoxy) is 1. The maximum atomic E-state index is 11.9. The topological polar surface area (TPSA) is 98.5 Å². The highest BCUT2D eigenvalue weighted by molar-refractivity contribution is 6.33.